The van der Waals surface area contributed by atoms with Gasteiger partial charge in [-0.1, -0.05) is 13.3 Å². The Morgan fingerprint density at radius 3 is 2.53 bits per heavy atom. The molecule has 2 atom stereocenters. The summed E-state index contributed by atoms with van der Waals surface area (Å²) in [6.45, 7) is 8.36. The van der Waals surface area contributed by atoms with Gasteiger partial charge in [-0.3, -0.25) is 4.79 Å². The van der Waals surface area contributed by atoms with Crippen LogP contribution in [0.2, 0.25) is 0 Å². The van der Waals surface area contributed by atoms with E-state index in [9.17, 15) is 4.79 Å². The largest absolute Gasteiger partial charge is 0.356 e. The van der Waals surface area contributed by atoms with Gasteiger partial charge in [0.25, 0.3) is 0 Å². The molecule has 0 aromatic heterocycles. The number of likely N-dealkylation sites (tertiary alicyclic amines) is 1. The summed E-state index contributed by atoms with van der Waals surface area (Å²) in [6.07, 6.45) is 4.44. The molecule has 1 fully saturated rings. The predicted octanol–water partition coefficient (Wildman–Crippen LogP) is 0.962. The molecular weight excluding hydrogens is 214 g/mol. The molecule has 0 aromatic carbocycles. The Balaban J connectivity index is 2.11. The number of carbonyl (C=O) groups excluding carboxylic acids is 1. The van der Waals surface area contributed by atoms with Crippen LogP contribution in [-0.2, 0) is 4.79 Å². The Morgan fingerprint density at radius 1 is 1.29 bits per heavy atom. The van der Waals surface area contributed by atoms with Crippen LogP contribution < -0.4 is 11.1 Å². The minimum absolute atomic E-state index is 0.0487. The second kappa shape index (κ2) is 7.67. The van der Waals surface area contributed by atoms with E-state index >= 15 is 0 Å². The summed E-state index contributed by atoms with van der Waals surface area (Å²) in [5.74, 6) is 0.593. The highest BCUT2D eigenvalue weighted by molar-refractivity contribution is 5.76. The second-order valence-corrected chi connectivity index (χ2v) is 5.45. The first-order valence-corrected chi connectivity index (χ1v) is 6.82. The highest BCUT2D eigenvalue weighted by Gasteiger charge is 2.14. The monoisotopic (exact) mass is 241 g/mol. The quantitative estimate of drug-likeness (QED) is 0.728. The van der Waals surface area contributed by atoms with Gasteiger partial charge in [-0.25, -0.2) is 0 Å². The average Bonchev–Trinajstić information content (AvgIpc) is 2.27. The molecule has 0 radical (unpaired) electrons. The molecule has 1 rings (SSSR count). The first-order valence-electron chi connectivity index (χ1n) is 6.82. The summed E-state index contributed by atoms with van der Waals surface area (Å²) in [5, 5.41) is 2.96. The third kappa shape index (κ3) is 6.64. The molecule has 0 spiro atoms. The third-order valence-electron chi connectivity index (χ3n) is 3.17. The topological polar surface area (TPSA) is 58.4 Å². The van der Waals surface area contributed by atoms with Crippen LogP contribution >= 0.6 is 0 Å². The molecule has 100 valence electrons. The first kappa shape index (κ1) is 14.5. The van der Waals surface area contributed by atoms with Crippen LogP contribution in [0.4, 0.5) is 0 Å². The fraction of sp³-hybridized carbons (Fsp3) is 0.923. The Kier molecular flexibility index (Phi) is 6.52. The van der Waals surface area contributed by atoms with E-state index in [0.717, 1.165) is 13.1 Å². The second-order valence-electron chi connectivity index (χ2n) is 5.45. The molecule has 1 saturated heterocycles. The van der Waals surface area contributed by atoms with Gasteiger partial charge in [0.15, 0.2) is 0 Å². The van der Waals surface area contributed by atoms with Gasteiger partial charge in [0.05, 0.1) is 0 Å². The molecule has 3 N–H and O–H groups in total. The number of nitrogens with two attached hydrogens (primary N) is 1. The zero-order valence-electron chi connectivity index (χ0n) is 11.2. The van der Waals surface area contributed by atoms with Gasteiger partial charge in [-0.15, -0.1) is 0 Å². The van der Waals surface area contributed by atoms with E-state index in [1.807, 2.05) is 6.92 Å². The maximum atomic E-state index is 11.4. The fourth-order valence-corrected chi connectivity index (χ4v) is 2.30. The van der Waals surface area contributed by atoms with Crippen LogP contribution in [-0.4, -0.2) is 43.0 Å². The van der Waals surface area contributed by atoms with Crippen molar-refractivity contribution in [1.82, 2.24) is 10.2 Å². The van der Waals surface area contributed by atoms with Gasteiger partial charge < -0.3 is 16.0 Å². The van der Waals surface area contributed by atoms with E-state index in [2.05, 4.69) is 17.1 Å². The molecule has 1 amide bonds. The molecule has 17 heavy (non-hydrogen) atoms. The molecule has 0 saturated carbocycles. The summed E-state index contributed by atoms with van der Waals surface area (Å²) in [7, 11) is 0. The van der Waals surface area contributed by atoms with Crippen molar-refractivity contribution in [2.75, 3.05) is 26.2 Å². The lowest BCUT2D eigenvalue weighted by molar-refractivity contribution is -0.121. The van der Waals surface area contributed by atoms with Crippen LogP contribution in [0.25, 0.3) is 0 Å². The van der Waals surface area contributed by atoms with E-state index < -0.39 is 0 Å². The van der Waals surface area contributed by atoms with Crippen molar-refractivity contribution in [3.63, 3.8) is 0 Å². The van der Waals surface area contributed by atoms with Gasteiger partial charge in [-0.05, 0) is 38.8 Å². The number of piperidine rings is 1. The Labute approximate surface area is 105 Å². The zero-order valence-corrected chi connectivity index (χ0v) is 11.2. The van der Waals surface area contributed by atoms with Crippen LogP contribution in [0.5, 0.6) is 0 Å². The van der Waals surface area contributed by atoms with Gasteiger partial charge in [0.1, 0.15) is 0 Å². The molecule has 0 bridgehead atoms. The molecule has 1 aliphatic heterocycles. The van der Waals surface area contributed by atoms with Gasteiger partial charge in [0, 0.05) is 25.6 Å². The number of nitrogens with one attached hydrogen (secondary N) is 1. The smallest absolute Gasteiger partial charge is 0.221 e. The maximum Gasteiger partial charge on any atom is 0.221 e. The summed E-state index contributed by atoms with van der Waals surface area (Å²) in [5.41, 5.74) is 5.58. The lowest BCUT2D eigenvalue weighted by atomic mass is 10.1. The van der Waals surface area contributed by atoms with Crippen LogP contribution in [0, 0.1) is 5.92 Å². The normalized spacial score (nSPS) is 20.9. The van der Waals surface area contributed by atoms with Crippen molar-refractivity contribution in [2.45, 2.75) is 45.6 Å². The van der Waals surface area contributed by atoms with Crippen molar-refractivity contribution in [3.05, 3.63) is 0 Å². The van der Waals surface area contributed by atoms with E-state index in [-0.39, 0.29) is 11.9 Å². The Morgan fingerprint density at radius 2 is 1.94 bits per heavy atom. The minimum atomic E-state index is -0.0487. The van der Waals surface area contributed by atoms with Crippen molar-refractivity contribution >= 4 is 5.91 Å². The molecule has 1 aliphatic rings. The predicted molar refractivity (Wildman–Crippen MR) is 70.7 cm³/mol. The third-order valence-corrected chi connectivity index (χ3v) is 3.17. The number of nitrogens with zero attached hydrogens (tertiary/aromatic N) is 1. The summed E-state index contributed by atoms with van der Waals surface area (Å²) >= 11 is 0. The van der Waals surface area contributed by atoms with Crippen LogP contribution in [0.1, 0.15) is 39.5 Å². The van der Waals surface area contributed by atoms with Crippen molar-refractivity contribution in [2.24, 2.45) is 11.7 Å². The Hall–Kier alpha value is -0.610. The van der Waals surface area contributed by atoms with Crippen LogP contribution in [0.15, 0.2) is 0 Å². The lowest BCUT2D eigenvalue weighted by Gasteiger charge is -2.29. The van der Waals surface area contributed by atoms with Crippen molar-refractivity contribution < 1.29 is 4.79 Å². The zero-order chi connectivity index (χ0) is 12.7. The van der Waals surface area contributed by atoms with E-state index in [1.54, 1.807) is 0 Å². The van der Waals surface area contributed by atoms with Crippen LogP contribution in [0.3, 0.4) is 0 Å². The van der Waals surface area contributed by atoms with E-state index in [4.69, 9.17) is 5.73 Å². The number of rotatable bonds is 6. The number of hydrogen-bond donors (Lipinski definition) is 2. The highest BCUT2D eigenvalue weighted by atomic mass is 16.1. The van der Waals surface area contributed by atoms with Gasteiger partial charge >= 0.3 is 0 Å². The molecule has 4 heteroatoms. The summed E-state index contributed by atoms with van der Waals surface area (Å²) < 4.78 is 0. The van der Waals surface area contributed by atoms with Gasteiger partial charge in [0.2, 0.25) is 5.91 Å². The highest BCUT2D eigenvalue weighted by Crippen LogP contribution is 2.10. The summed E-state index contributed by atoms with van der Waals surface area (Å²) in [4.78, 5) is 14.0. The molecule has 4 nitrogen and oxygen atoms in total. The molecule has 2 unspecified atom stereocenters. The van der Waals surface area contributed by atoms with Crippen molar-refractivity contribution in [3.8, 4) is 0 Å². The maximum absolute atomic E-state index is 11.4. The molecule has 0 aromatic rings. The summed E-state index contributed by atoms with van der Waals surface area (Å²) in [6, 6.07) is -0.0487. The molecule has 0 aliphatic carbocycles. The number of amides is 1. The number of carbonyl (C=O) groups is 1. The standard InChI is InChI=1S/C13H27N3O/c1-11(9-15-13(17)8-12(2)14)10-16-6-4-3-5-7-16/h11-12H,3-10,14H2,1-2H3,(H,15,17). The average molecular weight is 241 g/mol. The first-order chi connectivity index (χ1) is 8.08. The van der Waals surface area contributed by atoms with E-state index in [1.165, 1.54) is 32.4 Å². The van der Waals surface area contributed by atoms with Crippen molar-refractivity contribution in [1.29, 1.82) is 0 Å². The SMILES string of the molecule is CC(N)CC(=O)NCC(C)CN1CCCCC1. The van der Waals surface area contributed by atoms with Gasteiger partial charge in [-0.2, -0.15) is 0 Å². The minimum Gasteiger partial charge on any atom is -0.356 e. The molecular formula is C13H27N3O. The molecule has 1 heterocycles. The fourth-order valence-electron chi connectivity index (χ4n) is 2.30. The number of hydrogen-bond acceptors (Lipinski definition) is 3. The lowest BCUT2D eigenvalue weighted by Crippen LogP contribution is -2.39. The van der Waals surface area contributed by atoms with E-state index in [0.29, 0.717) is 12.3 Å². The Bertz CT molecular complexity index is 225.